The Bertz CT molecular complexity index is 1330. The van der Waals surface area contributed by atoms with Gasteiger partial charge in [-0.25, -0.2) is 0 Å². The first kappa shape index (κ1) is 30.2. The number of nitrogens with zero attached hydrogens (tertiary/aromatic N) is 1. The van der Waals surface area contributed by atoms with Gasteiger partial charge in [0.2, 0.25) is 0 Å². The zero-order valence-electron chi connectivity index (χ0n) is 22.8. The van der Waals surface area contributed by atoms with Crippen molar-refractivity contribution in [2.24, 2.45) is 0 Å². The van der Waals surface area contributed by atoms with Gasteiger partial charge in [0.25, 0.3) is 0 Å². The molecule has 0 bridgehead atoms. The van der Waals surface area contributed by atoms with Crippen molar-refractivity contribution >= 4 is 24.0 Å². The molecule has 0 amide bonds. The molecule has 0 saturated carbocycles. The van der Waals surface area contributed by atoms with Crippen LogP contribution in [0.1, 0.15) is 22.8 Å². The van der Waals surface area contributed by atoms with Crippen LogP contribution in [0.15, 0.2) is 72.8 Å². The quantitative estimate of drug-likeness (QED) is 0.277. The van der Waals surface area contributed by atoms with E-state index in [1.807, 2.05) is 60.7 Å². The van der Waals surface area contributed by atoms with E-state index in [-0.39, 0.29) is 0 Å². The van der Waals surface area contributed by atoms with E-state index >= 15 is 0 Å². The van der Waals surface area contributed by atoms with Gasteiger partial charge in [-0.05, 0) is 41.3 Å². The van der Waals surface area contributed by atoms with Crippen LogP contribution in [0.2, 0.25) is 5.02 Å². The van der Waals surface area contributed by atoms with E-state index in [4.69, 9.17) is 21.1 Å². The van der Waals surface area contributed by atoms with Crippen LogP contribution in [-0.4, -0.2) is 94.9 Å². The lowest BCUT2D eigenvalue weighted by molar-refractivity contribution is -0.231. The maximum atomic E-state index is 13.3. The molecule has 2 heterocycles. The van der Waals surface area contributed by atoms with Crippen molar-refractivity contribution < 1.29 is 34.5 Å². The summed E-state index contributed by atoms with van der Waals surface area (Å²) < 4.78 is 25.0. The highest BCUT2D eigenvalue weighted by Crippen LogP contribution is 2.46. The zero-order chi connectivity index (χ0) is 29.0. The van der Waals surface area contributed by atoms with Crippen LogP contribution < -0.4 is 10.0 Å². The molecular formula is C31H37ClNO7P. The summed E-state index contributed by atoms with van der Waals surface area (Å²) >= 11 is 6.48. The third kappa shape index (κ3) is 7.04. The molecule has 0 aliphatic carbocycles. The highest BCUT2D eigenvalue weighted by atomic mass is 35.5. The number of aliphatic hydroxyl groups is 4. The number of benzene rings is 3. The number of ether oxygens (including phenoxy) is 2. The Morgan fingerprint density at radius 3 is 2.32 bits per heavy atom. The molecule has 2 fully saturated rings. The van der Waals surface area contributed by atoms with E-state index in [0.717, 1.165) is 41.8 Å². The number of hydrogen-bond acceptors (Lipinski definition) is 8. The average molecular weight is 602 g/mol. The molecule has 2 aliphatic rings. The van der Waals surface area contributed by atoms with Crippen LogP contribution >= 0.6 is 18.7 Å². The molecule has 0 radical (unpaired) electrons. The van der Waals surface area contributed by atoms with Gasteiger partial charge in [-0.1, -0.05) is 66.2 Å². The Hall–Kier alpha value is -2.26. The standard InChI is InChI=1S/C31H37ClNO7P/c32-26-11-8-22(31-30(37)29(36)28(35)27(20-34)40-31)19-23(26)18-21-6-9-24(10-7-21)39-15-12-33-13-16-41(38,17-14-33)25-4-2-1-3-5-25/h1-11,19,27-31,34-37H,12-18,20H2/t27-,28-,29+,30-,31+/m1/s1. The first-order chi connectivity index (χ1) is 19.8. The van der Waals surface area contributed by atoms with E-state index in [2.05, 4.69) is 4.90 Å². The van der Waals surface area contributed by atoms with Crippen LogP contribution in [0.25, 0.3) is 0 Å². The van der Waals surface area contributed by atoms with Crippen molar-refractivity contribution in [1.82, 2.24) is 4.90 Å². The second kappa shape index (κ2) is 13.4. The lowest BCUT2D eigenvalue weighted by Crippen LogP contribution is -2.55. The summed E-state index contributed by atoms with van der Waals surface area (Å²) in [5, 5.41) is 41.8. The van der Waals surface area contributed by atoms with Crippen LogP contribution in [0.5, 0.6) is 5.75 Å². The fraction of sp³-hybridized carbons (Fsp3) is 0.419. The monoisotopic (exact) mass is 601 g/mol. The summed E-state index contributed by atoms with van der Waals surface area (Å²) in [4.78, 5) is 2.30. The molecule has 5 rings (SSSR count). The Labute approximate surface area is 245 Å². The molecule has 5 atom stereocenters. The van der Waals surface area contributed by atoms with E-state index in [0.29, 0.717) is 35.9 Å². The highest BCUT2D eigenvalue weighted by Gasteiger charge is 2.44. The highest BCUT2D eigenvalue weighted by molar-refractivity contribution is 7.71. The van der Waals surface area contributed by atoms with Crippen molar-refractivity contribution in [2.75, 3.05) is 45.2 Å². The second-order valence-electron chi connectivity index (χ2n) is 10.8. The molecule has 2 saturated heterocycles. The van der Waals surface area contributed by atoms with Crippen molar-refractivity contribution in [3.63, 3.8) is 0 Å². The summed E-state index contributed by atoms with van der Waals surface area (Å²) in [6.45, 7) is 2.44. The van der Waals surface area contributed by atoms with Gasteiger partial charge in [0.05, 0.1) is 6.61 Å². The molecule has 2 aliphatic heterocycles. The predicted octanol–water partition coefficient (Wildman–Crippen LogP) is 2.83. The molecule has 4 N–H and O–H groups in total. The SMILES string of the molecule is O=P1(c2ccccc2)CCN(CCOc2ccc(Cc3cc([C@@H]4O[C@H](CO)[C@@H](O)[C@H](O)[C@H]4O)ccc3Cl)cc2)CC1. The molecule has 3 aromatic rings. The van der Waals surface area contributed by atoms with E-state index in [9.17, 15) is 25.0 Å². The fourth-order valence-electron chi connectivity index (χ4n) is 5.51. The van der Waals surface area contributed by atoms with Crippen LogP contribution in [0.4, 0.5) is 0 Å². The second-order valence-corrected chi connectivity index (χ2v) is 14.4. The van der Waals surface area contributed by atoms with Gasteiger partial charge < -0.3 is 34.5 Å². The maximum absolute atomic E-state index is 13.3. The summed E-state index contributed by atoms with van der Waals surface area (Å²) in [7, 11) is -2.30. The van der Waals surface area contributed by atoms with Gasteiger partial charge in [-0.3, -0.25) is 4.90 Å². The van der Waals surface area contributed by atoms with Gasteiger partial charge in [0.15, 0.2) is 0 Å². The van der Waals surface area contributed by atoms with Gasteiger partial charge in [-0.15, -0.1) is 0 Å². The minimum atomic E-state index is -2.30. The average Bonchev–Trinajstić information content (AvgIpc) is 3.00. The van der Waals surface area contributed by atoms with Crippen LogP contribution in [0.3, 0.4) is 0 Å². The van der Waals surface area contributed by atoms with Crippen molar-refractivity contribution in [1.29, 1.82) is 0 Å². The molecule has 0 aromatic heterocycles. The third-order valence-corrected chi connectivity index (χ3v) is 11.5. The summed E-state index contributed by atoms with van der Waals surface area (Å²) in [5.74, 6) is 0.766. The van der Waals surface area contributed by atoms with Crippen molar-refractivity contribution in [3.8, 4) is 5.75 Å². The van der Waals surface area contributed by atoms with Gasteiger partial charge in [0.1, 0.15) is 50.0 Å². The molecule has 3 aromatic carbocycles. The van der Waals surface area contributed by atoms with Gasteiger partial charge in [0, 0.05) is 42.3 Å². The Kier molecular flexibility index (Phi) is 9.85. The molecule has 0 spiro atoms. The smallest absolute Gasteiger partial charge is 0.119 e. The Balaban J connectivity index is 1.13. The number of rotatable bonds is 9. The Morgan fingerprint density at radius 2 is 1.63 bits per heavy atom. The van der Waals surface area contributed by atoms with Crippen molar-refractivity contribution in [2.45, 2.75) is 36.9 Å². The number of hydrogen-bond donors (Lipinski definition) is 4. The van der Waals surface area contributed by atoms with Crippen molar-refractivity contribution in [3.05, 3.63) is 94.5 Å². The lowest BCUT2D eigenvalue weighted by atomic mass is 9.90. The van der Waals surface area contributed by atoms with Crippen LogP contribution in [-0.2, 0) is 15.7 Å². The van der Waals surface area contributed by atoms with E-state index in [1.54, 1.807) is 12.1 Å². The van der Waals surface area contributed by atoms with E-state index < -0.39 is 44.3 Å². The summed E-state index contributed by atoms with van der Waals surface area (Å²) in [5.41, 5.74) is 2.42. The minimum absolute atomic E-state index is 0.481. The maximum Gasteiger partial charge on any atom is 0.119 e. The predicted molar refractivity (Wildman–Crippen MR) is 159 cm³/mol. The van der Waals surface area contributed by atoms with Gasteiger partial charge >= 0.3 is 0 Å². The van der Waals surface area contributed by atoms with Crippen LogP contribution in [0, 0.1) is 0 Å². The fourth-order valence-corrected chi connectivity index (χ4v) is 8.36. The molecule has 41 heavy (non-hydrogen) atoms. The Morgan fingerprint density at radius 1 is 0.927 bits per heavy atom. The third-order valence-electron chi connectivity index (χ3n) is 8.07. The number of halogens is 1. The molecule has 220 valence electrons. The first-order valence-corrected chi connectivity index (χ1v) is 16.4. The molecule has 8 nitrogen and oxygen atoms in total. The summed E-state index contributed by atoms with van der Waals surface area (Å²) in [6.07, 6.45) is -4.16. The zero-order valence-corrected chi connectivity index (χ0v) is 24.4. The molecule has 0 unspecified atom stereocenters. The van der Waals surface area contributed by atoms with E-state index in [1.165, 1.54) is 0 Å². The van der Waals surface area contributed by atoms with Gasteiger partial charge in [-0.2, -0.15) is 0 Å². The minimum Gasteiger partial charge on any atom is -0.492 e. The lowest BCUT2D eigenvalue weighted by Gasteiger charge is -2.40. The molecule has 10 heteroatoms. The molecular weight excluding hydrogens is 565 g/mol. The number of aliphatic hydroxyl groups excluding tert-OH is 4. The first-order valence-electron chi connectivity index (χ1n) is 13.9. The normalized spacial score (nSPS) is 26.5. The largest absolute Gasteiger partial charge is 0.492 e. The summed E-state index contributed by atoms with van der Waals surface area (Å²) in [6, 6.07) is 22.9. The topological polar surface area (TPSA) is 120 Å².